The highest BCUT2D eigenvalue weighted by Gasteiger charge is 2.81. The van der Waals surface area contributed by atoms with Crippen LogP contribution in [0.25, 0.3) is 0 Å². The van der Waals surface area contributed by atoms with Crippen molar-refractivity contribution in [2.24, 2.45) is 16.7 Å². The summed E-state index contributed by atoms with van der Waals surface area (Å²) in [5.41, 5.74) is -5.87. The second-order valence-electron chi connectivity index (χ2n) is 10.9. The lowest BCUT2D eigenvalue weighted by atomic mass is 9.40. The normalized spacial score (nSPS) is 46.4. The zero-order valence-electron chi connectivity index (χ0n) is 20.0. The van der Waals surface area contributed by atoms with Crippen LogP contribution in [0.15, 0.2) is 12.7 Å². The molecule has 33 heavy (non-hydrogen) atoms. The van der Waals surface area contributed by atoms with Gasteiger partial charge < -0.3 is 29.6 Å². The fourth-order valence-corrected chi connectivity index (χ4v) is 6.73. The molecule has 3 fully saturated rings. The fraction of sp³-hybridized carbons (Fsp3) is 0.783. The molecule has 0 aromatic heterocycles. The van der Waals surface area contributed by atoms with Crippen LogP contribution >= 0.6 is 0 Å². The molecule has 186 valence electrons. The average Bonchev–Trinajstić information content (AvgIpc) is 2.70. The van der Waals surface area contributed by atoms with E-state index < -0.39 is 69.7 Å². The maximum absolute atomic E-state index is 13.7. The van der Waals surface area contributed by atoms with Crippen molar-refractivity contribution < 1.29 is 44.0 Å². The molecule has 0 unspecified atom stereocenters. The highest BCUT2D eigenvalue weighted by atomic mass is 16.7. The van der Waals surface area contributed by atoms with Crippen LogP contribution < -0.4 is 5.48 Å². The summed E-state index contributed by atoms with van der Waals surface area (Å²) in [5.74, 6) is -2.26. The van der Waals surface area contributed by atoms with Crippen LogP contribution in [0.1, 0.15) is 60.8 Å². The molecule has 1 amide bonds. The zero-order chi connectivity index (χ0) is 25.2. The first kappa shape index (κ1) is 25.6. The monoisotopic (exact) mass is 469 g/mol. The third kappa shape index (κ3) is 3.41. The van der Waals surface area contributed by atoms with Gasteiger partial charge in [0.05, 0.1) is 17.8 Å². The highest BCUT2D eigenvalue weighted by molar-refractivity contribution is 5.92. The lowest BCUT2D eigenvalue weighted by Crippen LogP contribution is -2.86. The van der Waals surface area contributed by atoms with Gasteiger partial charge in [0.25, 0.3) is 0 Å². The van der Waals surface area contributed by atoms with Crippen LogP contribution in [0.4, 0.5) is 4.79 Å². The molecule has 2 aliphatic carbocycles. The van der Waals surface area contributed by atoms with Gasteiger partial charge in [0, 0.05) is 24.7 Å². The van der Waals surface area contributed by atoms with E-state index in [1.807, 2.05) is 19.3 Å². The molecular weight excluding hydrogens is 434 g/mol. The molecule has 0 aromatic rings. The predicted octanol–water partition coefficient (Wildman–Crippen LogP) is 1.16. The molecule has 0 aromatic carbocycles. The Morgan fingerprint density at radius 3 is 2.36 bits per heavy atom. The maximum atomic E-state index is 13.7. The molecule has 0 spiro atoms. The Kier molecular flexibility index (Phi) is 6.02. The largest absolute Gasteiger partial charge is 0.441 e. The second kappa shape index (κ2) is 7.76. The van der Waals surface area contributed by atoms with Crippen LogP contribution in [-0.4, -0.2) is 68.3 Å². The fourth-order valence-electron chi connectivity index (χ4n) is 6.73. The minimum Gasteiger partial charge on any atom is -0.438 e. The Balaban J connectivity index is 2.21. The van der Waals surface area contributed by atoms with Gasteiger partial charge in [-0.1, -0.05) is 26.8 Å². The highest BCUT2D eigenvalue weighted by Crippen LogP contribution is 2.67. The van der Waals surface area contributed by atoms with E-state index in [-0.39, 0.29) is 6.42 Å². The molecule has 1 aliphatic heterocycles. The summed E-state index contributed by atoms with van der Waals surface area (Å²) < 4.78 is 11.7. The number of aliphatic hydroxyl groups excluding tert-OH is 2. The summed E-state index contributed by atoms with van der Waals surface area (Å²) in [6.45, 7) is 13.1. The first-order valence-corrected chi connectivity index (χ1v) is 11.1. The number of fused-ring (bicyclic) bond motifs is 3. The minimum atomic E-state index is -2.32. The second-order valence-corrected chi connectivity index (χ2v) is 10.9. The first-order chi connectivity index (χ1) is 15.0. The molecule has 0 radical (unpaired) electrons. The van der Waals surface area contributed by atoms with Gasteiger partial charge >= 0.3 is 12.1 Å². The number of hydrogen-bond donors (Lipinski definition) is 4. The van der Waals surface area contributed by atoms with Crippen molar-refractivity contribution >= 4 is 17.8 Å². The van der Waals surface area contributed by atoms with Crippen LogP contribution in [0.5, 0.6) is 0 Å². The van der Waals surface area contributed by atoms with Crippen molar-refractivity contribution in [3.63, 3.8) is 0 Å². The van der Waals surface area contributed by atoms with E-state index in [0.717, 1.165) is 6.92 Å². The number of Topliss-reactive ketones (excluding diaryl/α,β-unsaturated/α-hetero) is 1. The van der Waals surface area contributed by atoms with E-state index in [1.54, 1.807) is 13.8 Å². The van der Waals surface area contributed by atoms with Gasteiger partial charge in [-0.25, -0.2) is 4.79 Å². The van der Waals surface area contributed by atoms with Crippen molar-refractivity contribution in [3.05, 3.63) is 12.7 Å². The topological polar surface area (TPSA) is 152 Å². The van der Waals surface area contributed by atoms with Crippen molar-refractivity contribution in [2.45, 2.75) is 95.9 Å². The predicted molar refractivity (Wildman–Crippen MR) is 114 cm³/mol. The number of hydrogen-bond acceptors (Lipinski definition) is 9. The van der Waals surface area contributed by atoms with Gasteiger partial charge in [-0.2, -0.15) is 0 Å². The van der Waals surface area contributed by atoms with Crippen molar-refractivity contribution in [1.82, 2.24) is 5.48 Å². The molecule has 1 saturated heterocycles. The number of hydroxylamine groups is 1. The van der Waals surface area contributed by atoms with Crippen molar-refractivity contribution in [1.29, 1.82) is 0 Å². The third-order valence-corrected chi connectivity index (χ3v) is 8.24. The molecular formula is C23H35NO9. The van der Waals surface area contributed by atoms with Gasteiger partial charge in [0.1, 0.15) is 5.60 Å². The lowest BCUT2D eigenvalue weighted by Gasteiger charge is -2.71. The first-order valence-electron chi connectivity index (χ1n) is 11.1. The SMILES string of the molecule is C=C[C@@]1(C)CC(=O)[C@]2(O)[C@@]3(C)[C@@H](O)CCC(C)(C)[C@@H]3[C@H](O)[C@H](OC(=O)NOC(C)=O)[C@@]2(C)O1. The summed E-state index contributed by atoms with van der Waals surface area (Å²) in [6.07, 6.45) is -3.34. The number of nitrogens with one attached hydrogen (secondary N) is 1. The third-order valence-electron chi connectivity index (χ3n) is 8.24. The molecule has 1 heterocycles. The summed E-state index contributed by atoms with van der Waals surface area (Å²) in [4.78, 5) is 41.7. The number of rotatable bonds is 2. The van der Waals surface area contributed by atoms with Gasteiger partial charge in [-0.05, 0) is 32.1 Å². The maximum Gasteiger partial charge on any atom is 0.441 e. The molecule has 10 nitrogen and oxygen atoms in total. The van der Waals surface area contributed by atoms with E-state index in [9.17, 15) is 29.7 Å². The number of amides is 1. The van der Waals surface area contributed by atoms with Crippen LogP contribution in [0.2, 0.25) is 0 Å². The Labute approximate surface area is 193 Å². The molecule has 3 aliphatic rings. The number of carbonyl (C=O) groups excluding carboxylic acids is 3. The molecule has 0 bridgehead atoms. The summed E-state index contributed by atoms with van der Waals surface area (Å²) in [6, 6.07) is 0. The van der Waals surface area contributed by atoms with Crippen LogP contribution in [-0.2, 0) is 23.9 Å². The molecule has 10 heteroatoms. The standard InChI is InChI=1S/C23H35NO9/c1-8-20(5)11-14(27)23(30)21(6)13(26)9-10-19(3,4)16(21)15(28)17(22(23,7)33-20)31-18(29)24-32-12(2)25/h8,13,15-17,26,28,30H,1,9-11H2,2-7H3,(H,24,29)/t13-,15-,16-,17-,20-,21-,22+,23-/m0/s1. The summed E-state index contributed by atoms with van der Waals surface area (Å²) in [5, 5.41) is 35.0. The van der Waals surface area contributed by atoms with Gasteiger partial charge in [-0.15, -0.1) is 12.1 Å². The Bertz CT molecular complexity index is 874. The summed E-state index contributed by atoms with van der Waals surface area (Å²) >= 11 is 0. The Morgan fingerprint density at radius 1 is 1.21 bits per heavy atom. The Morgan fingerprint density at radius 2 is 1.82 bits per heavy atom. The molecule has 4 N–H and O–H groups in total. The minimum absolute atomic E-state index is 0.222. The van der Waals surface area contributed by atoms with E-state index in [4.69, 9.17) is 9.47 Å². The summed E-state index contributed by atoms with van der Waals surface area (Å²) in [7, 11) is 0. The van der Waals surface area contributed by atoms with E-state index in [2.05, 4.69) is 11.4 Å². The number of carbonyl (C=O) groups is 3. The van der Waals surface area contributed by atoms with Crippen molar-refractivity contribution in [2.75, 3.05) is 0 Å². The van der Waals surface area contributed by atoms with E-state index in [1.165, 1.54) is 13.0 Å². The van der Waals surface area contributed by atoms with E-state index in [0.29, 0.717) is 12.8 Å². The van der Waals surface area contributed by atoms with E-state index >= 15 is 0 Å². The number of ether oxygens (including phenoxy) is 2. The smallest absolute Gasteiger partial charge is 0.438 e. The van der Waals surface area contributed by atoms with Crippen LogP contribution in [0, 0.1) is 16.7 Å². The number of ketones is 1. The zero-order valence-corrected chi connectivity index (χ0v) is 20.0. The molecule has 8 atom stereocenters. The van der Waals surface area contributed by atoms with Crippen LogP contribution in [0.3, 0.4) is 0 Å². The molecule has 3 rings (SSSR count). The van der Waals surface area contributed by atoms with Gasteiger partial charge in [0.2, 0.25) is 0 Å². The quantitative estimate of drug-likeness (QED) is 0.345. The molecule has 2 saturated carbocycles. The lowest BCUT2D eigenvalue weighted by molar-refractivity contribution is -0.369. The van der Waals surface area contributed by atoms with Crippen molar-refractivity contribution in [3.8, 4) is 0 Å². The van der Waals surface area contributed by atoms with Gasteiger partial charge in [-0.3, -0.25) is 9.59 Å². The Hall–Kier alpha value is -2.01. The number of aliphatic hydroxyl groups is 3. The van der Waals surface area contributed by atoms with Gasteiger partial charge in [0.15, 0.2) is 17.5 Å². The average molecular weight is 470 g/mol.